The number of halogens is 3. The summed E-state index contributed by atoms with van der Waals surface area (Å²) in [6.07, 6.45) is -4.46. The Balaban J connectivity index is 2.85. The number of aryl methyl sites for hydroxylation is 1. The number of alkyl halides is 3. The summed E-state index contributed by atoms with van der Waals surface area (Å²) in [6.45, 7) is 5.51. The molecule has 5 nitrogen and oxygen atoms in total. The van der Waals surface area contributed by atoms with Crippen molar-refractivity contribution >= 4 is 5.91 Å². The number of amides is 1. The van der Waals surface area contributed by atoms with E-state index in [0.29, 0.717) is 29.9 Å². The van der Waals surface area contributed by atoms with Gasteiger partial charge in [-0.1, -0.05) is 0 Å². The third-order valence-electron chi connectivity index (χ3n) is 3.45. The van der Waals surface area contributed by atoms with Crippen LogP contribution in [0.25, 0.3) is 0 Å². The first-order valence-electron chi connectivity index (χ1n) is 7.09. The molecule has 0 aliphatic rings. The molecule has 0 saturated heterocycles. The van der Waals surface area contributed by atoms with Crippen molar-refractivity contribution < 1.29 is 23.1 Å². The maximum absolute atomic E-state index is 12.5. The van der Waals surface area contributed by atoms with Gasteiger partial charge in [-0.25, -0.2) is 0 Å². The van der Waals surface area contributed by atoms with Crippen LogP contribution in [0.15, 0.2) is 0 Å². The number of nitrogens with one attached hydrogen (secondary N) is 1. The van der Waals surface area contributed by atoms with Crippen LogP contribution in [-0.2, 0) is 11.3 Å². The maximum Gasteiger partial charge on any atom is 0.408 e. The maximum atomic E-state index is 12.5. The summed E-state index contributed by atoms with van der Waals surface area (Å²) < 4.78 is 38.4. The normalized spacial score (nSPS) is 14.7. The number of hydrogen-bond acceptors (Lipinski definition) is 3. The van der Waals surface area contributed by atoms with E-state index in [1.165, 1.54) is 6.92 Å². The monoisotopic (exact) mass is 321 g/mol. The van der Waals surface area contributed by atoms with Crippen molar-refractivity contribution in [2.45, 2.75) is 58.9 Å². The molecule has 1 aromatic heterocycles. The minimum absolute atomic E-state index is 0.293. The molecule has 2 unspecified atom stereocenters. The summed E-state index contributed by atoms with van der Waals surface area (Å²) >= 11 is 0. The first kappa shape index (κ1) is 18.5. The highest BCUT2D eigenvalue weighted by atomic mass is 19.4. The fourth-order valence-corrected chi connectivity index (χ4v) is 2.35. The molecule has 1 aromatic rings. The number of carbonyl (C=O) groups is 1. The largest absolute Gasteiger partial charge is 0.408 e. The number of aliphatic hydroxyl groups excluding tert-OH is 1. The molecular formula is C14H22F3N3O2. The predicted molar refractivity (Wildman–Crippen MR) is 75.5 cm³/mol. The summed E-state index contributed by atoms with van der Waals surface area (Å²) in [5.41, 5.74) is 1.27. The molecule has 0 aliphatic heterocycles. The summed E-state index contributed by atoms with van der Waals surface area (Å²) in [6, 6.07) is 0. The molecule has 1 amide bonds. The number of nitrogens with zero attached hydrogens (tertiary/aromatic N) is 2. The molecular weight excluding hydrogens is 299 g/mol. The van der Waals surface area contributed by atoms with Crippen molar-refractivity contribution in [1.29, 1.82) is 0 Å². The second kappa shape index (κ2) is 7.13. The molecule has 0 bridgehead atoms. The Morgan fingerprint density at radius 3 is 2.45 bits per heavy atom. The zero-order valence-corrected chi connectivity index (χ0v) is 13.2. The van der Waals surface area contributed by atoms with Crippen molar-refractivity contribution in [2.75, 3.05) is 6.54 Å². The lowest BCUT2D eigenvalue weighted by Gasteiger charge is -2.14. The van der Waals surface area contributed by atoms with E-state index in [2.05, 4.69) is 10.4 Å². The highest BCUT2D eigenvalue weighted by molar-refractivity contribution is 5.83. The summed E-state index contributed by atoms with van der Waals surface area (Å²) in [7, 11) is 0. The standard InChI is InChI=1S/C14H22F3N3O2/c1-8(21)5-6-18-13(22)9(2)12-10(3)19-20(11(12)4)7-14(15,16)17/h8-9,21H,5-7H2,1-4H3,(H,18,22). The lowest BCUT2D eigenvalue weighted by molar-refractivity contribution is -0.143. The molecule has 2 atom stereocenters. The third kappa shape index (κ3) is 5.01. The average molecular weight is 321 g/mol. The van der Waals surface area contributed by atoms with Crippen LogP contribution in [0.3, 0.4) is 0 Å². The average Bonchev–Trinajstić information content (AvgIpc) is 2.60. The second-order valence-corrected chi connectivity index (χ2v) is 5.51. The van der Waals surface area contributed by atoms with E-state index in [1.807, 2.05) is 0 Å². The summed E-state index contributed by atoms with van der Waals surface area (Å²) in [5, 5.41) is 15.7. The van der Waals surface area contributed by atoms with Crippen LogP contribution in [0.5, 0.6) is 0 Å². The molecule has 126 valence electrons. The van der Waals surface area contributed by atoms with Crippen molar-refractivity contribution in [3.05, 3.63) is 17.0 Å². The van der Waals surface area contributed by atoms with Gasteiger partial charge in [0.1, 0.15) is 6.54 Å². The molecule has 0 aliphatic carbocycles. The van der Waals surface area contributed by atoms with Gasteiger partial charge in [0.25, 0.3) is 0 Å². The first-order valence-corrected chi connectivity index (χ1v) is 7.09. The van der Waals surface area contributed by atoms with Gasteiger partial charge in [0.15, 0.2) is 0 Å². The zero-order valence-electron chi connectivity index (χ0n) is 13.2. The van der Waals surface area contributed by atoms with Crippen molar-refractivity contribution in [3.63, 3.8) is 0 Å². The predicted octanol–water partition coefficient (Wildman–Crippen LogP) is 2.05. The minimum atomic E-state index is -4.36. The summed E-state index contributed by atoms with van der Waals surface area (Å²) in [4.78, 5) is 12.1. The molecule has 0 radical (unpaired) electrons. The number of aromatic nitrogens is 2. The molecule has 0 fully saturated rings. The van der Waals surface area contributed by atoms with E-state index in [0.717, 1.165) is 4.68 Å². The van der Waals surface area contributed by atoms with Crippen molar-refractivity contribution in [2.24, 2.45) is 0 Å². The minimum Gasteiger partial charge on any atom is -0.393 e. The number of hydrogen-bond donors (Lipinski definition) is 2. The number of rotatable bonds is 6. The second-order valence-electron chi connectivity index (χ2n) is 5.51. The van der Waals surface area contributed by atoms with Crippen LogP contribution in [0.4, 0.5) is 13.2 Å². The lowest BCUT2D eigenvalue weighted by Crippen LogP contribution is -2.30. The van der Waals surface area contributed by atoms with E-state index in [-0.39, 0.29) is 5.91 Å². The molecule has 8 heteroatoms. The molecule has 0 saturated carbocycles. The highest BCUT2D eigenvalue weighted by Crippen LogP contribution is 2.26. The van der Waals surface area contributed by atoms with E-state index >= 15 is 0 Å². The fourth-order valence-electron chi connectivity index (χ4n) is 2.35. The van der Waals surface area contributed by atoms with Crippen molar-refractivity contribution in [3.8, 4) is 0 Å². The van der Waals surface area contributed by atoms with E-state index in [4.69, 9.17) is 5.11 Å². The molecule has 0 spiro atoms. The van der Waals surface area contributed by atoms with Gasteiger partial charge in [0, 0.05) is 17.8 Å². The Kier molecular flexibility index (Phi) is 5.99. The van der Waals surface area contributed by atoms with Crippen molar-refractivity contribution in [1.82, 2.24) is 15.1 Å². The van der Waals surface area contributed by atoms with Crippen LogP contribution < -0.4 is 5.32 Å². The van der Waals surface area contributed by atoms with E-state index in [1.54, 1.807) is 20.8 Å². The first-order chi connectivity index (χ1) is 10.0. The third-order valence-corrected chi connectivity index (χ3v) is 3.45. The van der Waals surface area contributed by atoms with Gasteiger partial charge in [0.2, 0.25) is 5.91 Å². The Morgan fingerprint density at radius 2 is 1.95 bits per heavy atom. The van der Waals surface area contributed by atoms with Gasteiger partial charge in [-0.05, 0) is 34.1 Å². The van der Waals surface area contributed by atoms with Crippen LogP contribution in [0.2, 0.25) is 0 Å². The molecule has 2 N–H and O–H groups in total. The van der Waals surface area contributed by atoms with Gasteiger partial charge in [-0.15, -0.1) is 0 Å². The van der Waals surface area contributed by atoms with E-state index in [9.17, 15) is 18.0 Å². The van der Waals surface area contributed by atoms with Crippen LogP contribution >= 0.6 is 0 Å². The molecule has 1 rings (SSSR count). The lowest BCUT2D eigenvalue weighted by atomic mass is 9.98. The number of aliphatic hydroxyl groups is 1. The SMILES string of the molecule is Cc1nn(CC(F)(F)F)c(C)c1C(C)C(=O)NCCC(C)O. The molecule has 1 heterocycles. The Morgan fingerprint density at radius 1 is 1.36 bits per heavy atom. The van der Waals surface area contributed by atoms with Gasteiger partial charge in [-0.2, -0.15) is 18.3 Å². The van der Waals surface area contributed by atoms with Gasteiger partial charge in [0.05, 0.1) is 17.7 Å². The van der Waals surface area contributed by atoms with Gasteiger partial charge >= 0.3 is 6.18 Å². The van der Waals surface area contributed by atoms with Crippen LogP contribution in [-0.4, -0.2) is 39.6 Å². The summed E-state index contributed by atoms with van der Waals surface area (Å²) in [5.74, 6) is -0.894. The topological polar surface area (TPSA) is 67.2 Å². The highest BCUT2D eigenvalue weighted by Gasteiger charge is 2.31. The van der Waals surface area contributed by atoms with Gasteiger partial charge in [-0.3, -0.25) is 9.48 Å². The fraction of sp³-hybridized carbons (Fsp3) is 0.714. The molecule has 0 aromatic carbocycles. The Hall–Kier alpha value is -1.57. The number of carbonyl (C=O) groups excluding carboxylic acids is 1. The quantitative estimate of drug-likeness (QED) is 0.843. The van der Waals surface area contributed by atoms with Crippen LogP contribution in [0, 0.1) is 13.8 Å². The van der Waals surface area contributed by atoms with Gasteiger partial charge < -0.3 is 10.4 Å². The Labute approximate surface area is 127 Å². The Bertz CT molecular complexity index is 524. The van der Waals surface area contributed by atoms with Crippen LogP contribution in [0.1, 0.15) is 43.1 Å². The van der Waals surface area contributed by atoms with E-state index < -0.39 is 24.7 Å². The molecule has 22 heavy (non-hydrogen) atoms. The smallest absolute Gasteiger partial charge is 0.393 e. The zero-order chi connectivity index (χ0) is 17.1.